The van der Waals surface area contributed by atoms with Crippen LogP contribution in [0.2, 0.25) is 0 Å². The minimum Gasteiger partial charge on any atom is -0.210 e. The van der Waals surface area contributed by atoms with Crippen LogP contribution in [0.15, 0.2) is 30.3 Å². The van der Waals surface area contributed by atoms with Crippen molar-refractivity contribution in [2.75, 3.05) is 0 Å². The van der Waals surface area contributed by atoms with Crippen LogP contribution in [-0.4, -0.2) is 6.43 Å². The van der Waals surface area contributed by atoms with Gasteiger partial charge in [-0.05, 0) is 17.4 Å². The van der Waals surface area contributed by atoms with Gasteiger partial charge in [-0.1, -0.05) is 37.3 Å². The fourth-order valence-corrected chi connectivity index (χ4v) is 2.08. The molecule has 0 amide bonds. The largest absolute Gasteiger partial charge is 0.242 e. The molecule has 1 aliphatic rings. The van der Waals surface area contributed by atoms with E-state index in [0.717, 1.165) is 5.56 Å². The number of halogens is 2. The normalized spacial score (nSPS) is 32.2. The number of rotatable bonds is 2. The number of alkyl halides is 2. The van der Waals surface area contributed by atoms with Gasteiger partial charge in [0, 0.05) is 5.92 Å². The average molecular weight is 182 g/mol. The Balaban J connectivity index is 2.14. The maximum atomic E-state index is 12.4. The molecular formula is C11H12F2. The molecule has 0 nitrogen and oxygen atoms in total. The first-order valence-corrected chi connectivity index (χ1v) is 4.55. The van der Waals surface area contributed by atoms with E-state index in [1.165, 1.54) is 0 Å². The van der Waals surface area contributed by atoms with E-state index in [2.05, 4.69) is 0 Å². The molecule has 1 aliphatic carbocycles. The van der Waals surface area contributed by atoms with E-state index in [9.17, 15) is 8.78 Å². The van der Waals surface area contributed by atoms with E-state index in [1.54, 1.807) is 0 Å². The summed E-state index contributed by atoms with van der Waals surface area (Å²) in [4.78, 5) is 0. The summed E-state index contributed by atoms with van der Waals surface area (Å²) in [7, 11) is 0. The summed E-state index contributed by atoms with van der Waals surface area (Å²) in [5.41, 5.74) is 1.06. The first-order valence-electron chi connectivity index (χ1n) is 4.55. The van der Waals surface area contributed by atoms with Crippen LogP contribution >= 0.6 is 0 Å². The number of benzene rings is 1. The first-order chi connectivity index (χ1) is 6.22. The van der Waals surface area contributed by atoms with E-state index in [0.29, 0.717) is 0 Å². The van der Waals surface area contributed by atoms with Gasteiger partial charge in [0.15, 0.2) is 0 Å². The zero-order valence-electron chi connectivity index (χ0n) is 7.45. The molecule has 0 aliphatic heterocycles. The molecule has 2 heteroatoms. The van der Waals surface area contributed by atoms with Crippen LogP contribution < -0.4 is 0 Å². The van der Waals surface area contributed by atoms with Gasteiger partial charge in [0.2, 0.25) is 6.43 Å². The van der Waals surface area contributed by atoms with Crippen LogP contribution in [0.4, 0.5) is 8.78 Å². The molecule has 1 aromatic rings. The molecule has 2 rings (SSSR count). The van der Waals surface area contributed by atoms with E-state index in [4.69, 9.17) is 0 Å². The van der Waals surface area contributed by atoms with Gasteiger partial charge in [0.05, 0.1) is 0 Å². The topological polar surface area (TPSA) is 0 Å². The lowest BCUT2D eigenvalue weighted by atomic mass is 10.1. The molecule has 1 aromatic carbocycles. The number of hydrogen-bond acceptors (Lipinski definition) is 0. The standard InChI is InChI=1S/C11H12F2/c1-7-9(10(7)11(12)13)8-5-3-2-4-6-8/h2-7,9-11H,1H3. The molecule has 0 radical (unpaired) electrons. The summed E-state index contributed by atoms with van der Waals surface area (Å²) in [6.45, 7) is 1.90. The van der Waals surface area contributed by atoms with Gasteiger partial charge in [0.1, 0.15) is 0 Å². The van der Waals surface area contributed by atoms with E-state index < -0.39 is 12.3 Å². The van der Waals surface area contributed by atoms with Gasteiger partial charge in [-0.3, -0.25) is 0 Å². The van der Waals surface area contributed by atoms with Gasteiger partial charge >= 0.3 is 0 Å². The fraction of sp³-hybridized carbons (Fsp3) is 0.455. The first kappa shape index (κ1) is 8.67. The predicted molar refractivity (Wildman–Crippen MR) is 47.8 cm³/mol. The molecule has 0 spiro atoms. The fourth-order valence-electron chi connectivity index (χ4n) is 2.08. The Hall–Kier alpha value is -0.920. The lowest BCUT2D eigenvalue weighted by Crippen LogP contribution is -1.95. The van der Waals surface area contributed by atoms with Gasteiger partial charge in [-0.15, -0.1) is 0 Å². The van der Waals surface area contributed by atoms with Gasteiger partial charge < -0.3 is 0 Å². The maximum absolute atomic E-state index is 12.4. The van der Waals surface area contributed by atoms with Crippen molar-refractivity contribution in [3.8, 4) is 0 Å². The second-order valence-corrected chi connectivity index (χ2v) is 3.71. The highest BCUT2D eigenvalue weighted by atomic mass is 19.3. The van der Waals surface area contributed by atoms with Crippen LogP contribution in [0.3, 0.4) is 0 Å². The second kappa shape index (κ2) is 3.09. The second-order valence-electron chi connectivity index (χ2n) is 3.71. The molecule has 3 atom stereocenters. The Morgan fingerprint density at radius 1 is 1.15 bits per heavy atom. The maximum Gasteiger partial charge on any atom is 0.242 e. The lowest BCUT2D eigenvalue weighted by Gasteiger charge is -1.98. The Morgan fingerprint density at radius 3 is 2.23 bits per heavy atom. The van der Waals surface area contributed by atoms with E-state index >= 15 is 0 Å². The molecule has 0 N–H and O–H groups in total. The molecule has 0 heterocycles. The lowest BCUT2D eigenvalue weighted by molar-refractivity contribution is 0.115. The summed E-state index contributed by atoms with van der Waals surface area (Å²) in [6.07, 6.45) is -2.17. The van der Waals surface area contributed by atoms with Crippen LogP contribution in [0.5, 0.6) is 0 Å². The van der Waals surface area contributed by atoms with Crippen molar-refractivity contribution in [1.82, 2.24) is 0 Å². The van der Waals surface area contributed by atoms with Crippen molar-refractivity contribution >= 4 is 0 Å². The van der Waals surface area contributed by atoms with Crippen molar-refractivity contribution in [1.29, 1.82) is 0 Å². The van der Waals surface area contributed by atoms with Crippen LogP contribution in [0.25, 0.3) is 0 Å². The minimum atomic E-state index is -2.17. The highest BCUT2D eigenvalue weighted by Crippen LogP contribution is 2.56. The summed E-state index contributed by atoms with van der Waals surface area (Å²) in [6, 6.07) is 9.59. The summed E-state index contributed by atoms with van der Waals surface area (Å²) in [5.74, 6) is -0.189. The van der Waals surface area contributed by atoms with E-state index in [-0.39, 0.29) is 11.8 Å². The highest BCUT2D eigenvalue weighted by molar-refractivity contribution is 5.27. The molecular weight excluding hydrogens is 170 g/mol. The predicted octanol–water partition coefficient (Wildman–Crippen LogP) is 3.30. The third kappa shape index (κ3) is 1.45. The molecule has 70 valence electrons. The van der Waals surface area contributed by atoms with Crippen molar-refractivity contribution < 1.29 is 8.78 Å². The average Bonchev–Trinajstić information content (AvgIpc) is 2.79. The van der Waals surface area contributed by atoms with Crippen molar-refractivity contribution in [3.05, 3.63) is 35.9 Å². The summed E-state index contributed by atoms with van der Waals surface area (Å²) >= 11 is 0. The van der Waals surface area contributed by atoms with E-state index in [1.807, 2.05) is 37.3 Å². The third-order valence-electron chi connectivity index (χ3n) is 2.92. The Labute approximate surface area is 76.6 Å². The minimum absolute atomic E-state index is 0.0844. The monoisotopic (exact) mass is 182 g/mol. The summed E-state index contributed by atoms with van der Waals surface area (Å²) in [5, 5.41) is 0. The zero-order valence-corrected chi connectivity index (χ0v) is 7.45. The smallest absolute Gasteiger partial charge is 0.210 e. The molecule has 1 fully saturated rings. The number of hydrogen-bond donors (Lipinski definition) is 0. The van der Waals surface area contributed by atoms with Crippen LogP contribution in [-0.2, 0) is 0 Å². The molecule has 0 aromatic heterocycles. The molecule has 0 saturated heterocycles. The molecule has 1 saturated carbocycles. The van der Waals surface area contributed by atoms with Gasteiger partial charge in [-0.2, -0.15) is 0 Å². The van der Waals surface area contributed by atoms with Crippen LogP contribution in [0, 0.1) is 11.8 Å². The Kier molecular flexibility index (Phi) is 2.06. The summed E-state index contributed by atoms with van der Waals surface area (Å²) < 4.78 is 24.8. The Bertz CT molecular complexity index is 281. The Morgan fingerprint density at radius 2 is 1.77 bits per heavy atom. The molecule has 3 unspecified atom stereocenters. The van der Waals surface area contributed by atoms with Gasteiger partial charge in [-0.25, -0.2) is 8.78 Å². The van der Waals surface area contributed by atoms with Crippen molar-refractivity contribution in [2.24, 2.45) is 11.8 Å². The van der Waals surface area contributed by atoms with Crippen molar-refractivity contribution in [2.45, 2.75) is 19.3 Å². The molecule has 0 bridgehead atoms. The highest BCUT2D eigenvalue weighted by Gasteiger charge is 2.52. The zero-order chi connectivity index (χ0) is 9.42. The third-order valence-corrected chi connectivity index (χ3v) is 2.92. The molecule has 13 heavy (non-hydrogen) atoms. The SMILES string of the molecule is CC1C(c2ccccc2)C1C(F)F. The quantitative estimate of drug-likeness (QED) is 0.658. The van der Waals surface area contributed by atoms with Crippen LogP contribution in [0.1, 0.15) is 18.4 Å². The van der Waals surface area contributed by atoms with Gasteiger partial charge in [0.25, 0.3) is 0 Å². The van der Waals surface area contributed by atoms with Crippen molar-refractivity contribution in [3.63, 3.8) is 0 Å².